The first kappa shape index (κ1) is 14.8. The molecule has 1 aromatic carbocycles. The number of aliphatic hydroxyl groups excluding tert-OH is 1. The van der Waals surface area contributed by atoms with Crippen LogP contribution >= 0.6 is 34.5 Å². The summed E-state index contributed by atoms with van der Waals surface area (Å²) < 4.78 is 0.515. The molecular weight excluding hydrogens is 301 g/mol. The number of hydrogen-bond acceptors (Lipinski definition) is 3. The van der Waals surface area contributed by atoms with Gasteiger partial charge in [0.15, 0.2) is 0 Å². The van der Waals surface area contributed by atoms with Crippen molar-refractivity contribution in [2.24, 2.45) is 0 Å². The highest BCUT2D eigenvalue weighted by Crippen LogP contribution is 2.38. The van der Waals surface area contributed by atoms with E-state index in [0.717, 1.165) is 17.7 Å². The second kappa shape index (κ2) is 6.25. The van der Waals surface area contributed by atoms with Crippen molar-refractivity contribution in [3.05, 3.63) is 55.7 Å². The summed E-state index contributed by atoms with van der Waals surface area (Å²) in [7, 11) is 4.00. The second-order valence-corrected chi connectivity index (χ2v) is 6.48. The number of rotatable bonds is 4. The number of thiophene rings is 1. The Hall–Kier alpha value is -0.580. The van der Waals surface area contributed by atoms with Crippen LogP contribution in [0.3, 0.4) is 0 Å². The highest BCUT2D eigenvalue weighted by atomic mass is 35.5. The molecule has 1 atom stereocenters. The van der Waals surface area contributed by atoms with E-state index in [1.54, 1.807) is 0 Å². The van der Waals surface area contributed by atoms with Crippen LogP contribution in [0.15, 0.2) is 29.6 Å². The zero-order valence-corrected chi connectivity index (χ0v) is 13.1. The van der Waals surface area contributed by atoms with E-state index in [0.29, 0.717) is 14.9 Å². The average Bonchev–Trinajstić information content (AvgIpc) is 2.69. The summed E-state index contributed by atoms with van der Waals surface area (Å²) in [5, 5.41) is 12.8. The molecule has 0 amide bonds. The van der Waals surface area contributed by atoms with Crippen molar-refractivity contribution >= 4 is 34.5 Å². The third-order valence-electron chi connectivity index (χ3n) is 2.85. The van der Waals surface area contributed by atoms with Gasteiger partial charge >= 0.3 is 0 Å². The Morgan fingerprint density at radius 2 is 1.89 bits per heavy atom. The Balaban J connectivity index is 2.38. The van der Waals surface area contributed by atoms with Gasteiger partial charge in [0.25, 0.3) is 0 Å². The molecule has 2 rings (SSSR count). The lowest BCUT2D eigenvalue weighted by Gasteiger charge is -2.18. The number of halogens is 2. The molecule has 2 nitrogen and oxygen atoms in total. The standard InChI is InChI=1S/C14H15Cl2NOS/c1-17(2)7-9-5-3-4-6-10(9)13(18)11-8-19-14(16)12(11)15/h3-6,8,13,18H,7H2,1-2H3. The zero-order chi connectivity index (χ0) is 14.0. The number of benzene rings is 1. The molecule has 1 heterocycles. The van der Waals surface area contributed by atoms with Crippen molar-refractivity contribution in [1.29, 1.82) is 0 Å². The fourth-order valence-electron chi connectivity index (χ4n) is 1.97. The summed E-state index contributed by atoms with van der Waals surface area (Å²) >= 11 is 13.4. The Morgan fingerprint density at radius 1 is 1.21 bits per heavy atom. The van der Waals surface area contributed by atoms with Crippen molar-refractivity contribution in [3.63, 3.8) is 0 Å². The van der Waals surface area contributed by atoms with E-state index in [1.165, 1.54) is 11.3 Å². The van der Waals surface area contributed by atoms with Gasteiger partial charge in [0.05, 0.1) is 5.02 Å². The van der Waals surface area contributed by atoms with Crippen molar-refractivity contribution in [2.45, 2.75) is 12.6 Å². The second-order valence-electron chi connectivity index (χ2n) is 4.62. The Kier molecular flexibility index (Phi) is 4.87. The largest absolute Gasteiger partial charge is 0.384 e. The molecule has 1 aromatic heterocycles. The fourth-order valence-corrected chi connectivity index (χ4v) is 3.27. The molecule has 0 spiro atoms. The van der Waals surface area contributed by atoms with Crippen LogP contribution in [-0.4, -0.2) is 24.1 Å². The number of hydrogen-bond donors (Lipinski definition) is 1. The highest BCUT2D eigenvalue weighted by Gasteiger charge is 2.20. The van der Waals surface area contributed by atoms with Crippen LogP contribution in [0, 0.1) is 0 Å². The van der Waals surface area contributed by atoms with Crippen LogP contribution in [0.25, 0.3) is 0 Å². The van der Waals surface area contributed by atoms with Gasteiger partial charge < -0.3 is 10.0 Å². The highest BCUT2D eigenvalue weighted by molar-refractivity contribution is 7.15. The molecule has 102 valence electrons. The topological polar surface area (TPSA) is 23.5 Å². The third kappa shape index (κ3) is 3.30. The SMILES string of the molecule is CN(C)Cc1ccccc1C(O)c1csc(Cl)c1Cl. The minimum atomic E-state index is -0.743. The first-order chi connectivity index (χ1) is 9.00. The molecule has 2 aromatic rings. The summed E-state index contributed by atoms with van der Waals surface area (Å²) in [6.07, 6.45) is -0.743. The molecule has 19 heavy (non-hydrogen) atoms. The molecule has 0 fully saturated rings. The van der Waals surface area contributed by atoms with Crippen LogP contribution in [0.4, 0.5) is 0 Å². The Bertz CT molecular complexity index is 568. The Labute approximate surface area is 127 Å². The summed E-state index contributed by atoms with van der Waals surface area (Å²) in [5.74, 6) is 0. The van der Waals surface area contributed by atoms with Gasteiger partial charge in [-0.15, -0.1) is 11.3 Å². The predicted molar refractivity (Wildman–Crippen MR) is 82.2 cm³/mol. The molecule has 0 aliphatic carbocycles. The minimum Gasteiger partial charge on any atom is -0.384 e. The monoisotopic (exact) mass is 315 g/mol. The van der Waals surface area contributed by atoms with Crippen LogP contribution in [0.1, 0.15) is 22.8 Å². The third-order valence-corrected chi connectivity index (χ3v) is 4.70. The van der Waals surface area contributed by atoms with Gasteiger partial charge in [-0.25, -0.2) is 0 Å². The van der Waals surface area contributed by atoms with E-state index in [4.69, 9.17) is 23.2 Å². The van der Waals surface area contributed by atoms with Crippen molar-refractivity contribution < 1.29 is 5.11 Å². The summed E-state index contributed by atoms with van der Waals surface area (Å²) in [5.41, 5.74) is 2.62. The van der Waals surface area contributed by atoms with E-state index in [9.17, 15) is 5.11 Å². The lowest BCUT2D eigenvalue weighted by molar-refractivity contribution is 0.218. The van der Waals surface area contributed by atoms with Crippen molar-refractivity contribution in [1.82, 2.24) is 4.90 Å². The van der Waals surface area contributed by atoms with E-state index < -0.39 is 6.10 Å². The Morgan fingerprint density at radius 3 is 2.47 bits per heavy atom. The molecule has 5 heteroatoms. The average molecular weight is 316 g/mol. The molecule has 1 N–H and O–H groups in total. The quantitative estimate of drug-likeness (QED) is 0.914. The van der Waals surface area contributed by atoms with E-state index in [1.807, 2.05) is 43.7 Å². The van der Waals surface area contributed by atoms with Crippen molar-refractivity contribution in [2.75, 3.05) is 14.1 Å². The van der Waals surface area contributed by atoms with Crippen LogP contribution in [0.2, 0.25) is 9.36 Å². The normalized spacial score (nSPS) is 12.9. The van der Waals surface area contributed by atoms with E-state index >= 15 is 0 Å². The first-order valence-corrected chi connectivity index (χ1v) is 7.47. The molecular formula is C14H15Cl2NOS. The van der Waals surface area contributed by atoms with Crippen molar-refractivity contribution in [3.8, 4) is 0 Å². The van der Waals surface area contributed by atoms with E-state index in [2.05, 4.69) is 4.90 Å². The maximum absolute atomic E-state index is 10.5. The maximum atomic E-state index is 10.5. The summed E-state index contributed by atoms with van der Waals surface area (Å²) in [4.78, 5) is 2.06. The summed E-state index contributed by atoms with van der Waals surface area (Å²) in [6, 6.07) is 7.82. The maximum Gasteiger partial charge on any atom is 0.112 e. The van der Waals surface area contributed by atoms with Gasteiger partial charge in [-0.3, -0.25) is 0 Å². The molecule has 0 saturated heterocycles. The lowest BCUT2D eigenvalue weighted by atomic mass is 9.98. The van der Waals surface area contributed by atoms with Gasteiger partial charge in [0, 0.05) is 12.1 Å². The molecule has 0 radical (unpaired) electrons. The molecule has 0 aliphatic rings. The lowest BCUT2D eigenvalue weighted by Crippen LogP contribution is -2.14. The van der Waals surface area contributed by atoms with E-state index in [-0.39, 0.29) is 0 Å². The van der Waals surface area contributed by atoms with Crippen LogP contribution in [-0.2, 0) is 6.54 Å². The van der Waals surface area contributed by atoms with Crippen LogP contribution < -0.4 is 0 Å². The number of aliphatic hydroxyl groups is 1. The van der Waals surface area contributed by atoms with Gasteiger partial charge in [0.1, 0.15) is 10.4 Å². The molecule has 0 aliphatic heterocycles. The first-order valence-electron chi connectivity index (χ1n) is 5.83. The van der Waals surface area contributed by atoms with Gasteiger partial charge in [0.2, 0.25) is 0 Å². The predicted octanol–water partition coefficient (Wildman–Crippen LogP) is 4.20. The van der Waals surface area contributed by atoms with Gasteiger partial charge in [-0.2, -0.15) is 0 Å². The van der Waals surface area contributed by atoms with Crippen LogP contribution in [0.5, 0.6) is 0 Å². The minimum absolute atomic E-state index is 0.443. The number of nitrogens with zero attached hydrogens (tertiary/aromatic N) is 1. The van der Waals surface area contributed by atoms with Gasteiger partial charge in [-0.1, -0.05) is 47.5 Å². The smallest absolute Gasteiger partial charge is 0.112 e. The zero-order valence-electron chi connectivity index (χ0n) is 10.7. The molecule has 1 unspecified atom stereocenters. The fraction of sp³-hybridized carbons (Fsp3) is 0.286. The molecule has 0 bridgehead atoms. The molecule has 0 saturated carbocycles. The van der Waals surface area contributed by atoms with Gasteiger partial charge in [-0.05, 0) is 30.6 Å². The summed E-state index contributed by atoms with van der Waals surface area (Å²) in [6.45, 7) is 0.767.